The summed E-state index contributed by atoms with van der Waals surface area (Å²) in [6, 6.07) is 13.0. The highest BCUT2D eigenvalue weighted by Crippen LogP contribution is 2.13. The van der Waals surface area contributed by atoms with Gasteiger partial charge in [0.1, 0.15) is 5.75 Å². The van der Waals surface area contributed by atoms with Gasteiger partial charge in [0.2, 0.25) is 5.91 Å². The first-order chi connectivity index (χ1) is 10.3. The van der Waals surface area contributed by atoms with Crippen LogP contribution in [0.4, 0.5) is 0 Å². The molecule has 0 atom stereocenters. The van der Waals surface area contributed by atoms with Crippen LogP contribution >= 0.6 is 11.8 Å². The highest BCUT2D eigenvalue weighted by molar-refractivity contribution is 7.99. The molecular formula is C15H15N3O2S. The molecule has 1 amide bonds. The number of amides is 1. The number of nitrogens with one attached hydrogen (secondary N) is 1. The molecule has 0 spiro atoms. The maximum absolute atomic E-state index is 11.6. The molecule has 1 heterocycles. The van der Waals surface area contributed by atoms with Crippen molar-refractivity contribution in [3.8, 4) is 5.75 Å². The van der Waals surface area contributed by atoms with Gasteiger partial charge in [-0.1, -0.05) is 17.8 Å². The van der Waals surface area contributed by atoms with E-state index in [0.29, 0.717) is 0 Å². The van der Waals surface area contributed by atoms with E-state index in [-0.39, 0.29) is 11.7 Å². The minimum Gasteiger partial charge on any atom is -0.497 e. The van der Waals surface area contributed by atoms with Crippen LogP contribution in [0.1, 0.15) is 5.56 Å². The average molecular weight is 301 g/mol. The first-order valence-electron chi connectivity index (χ1n) is 6.28. The Hall–Kier alpha value is -2.34. The Morgan fingerprint density at radius 3 is 2.81 bits per heavy atom. The van der Waals surface area contributed by atoms with Crippen LogP contribution in [0, 0.1) is 0 Å². The van der Waals surface area contributed by atoms with Crippen molar-refractivity contribution in [2.45, 2.75) is 5.03 Å². The van der Waals surface area contributed by atoms with E-state index in [1.165, 1.54) is 11.8 Å². The molecule has 0 aliphatic heterocycles. The lowest BCUT2D eigenvalue weighted by atomic mass is 10.2. The lowest BCUT2D eigenvalue weighted by molar-refractivity contribution is -0.118. The Labute approximate surface area is 127 Å². The fourth-order valence-corrected chi connectivity index (χ4v) is 2.13. The maximum Gasteiger partial charge on any atom is 0.250 e. The number of benzene rings is 1. The standard InChI is InChI=1S/C15H15N3O2S/c1-20-13-7-5-12(6-8-13)10-17-18-14(19)11-21-15-4-2-3-9-16-15/h2-10H,11H2,1H3,(H,18,19)/b17-10+. The summed E-state index contributed by atoms with van der Waals surface area (Å²) in [4.78, 5) is 15.7. The zero-order valence-electron chi connectivity index (χ0n) is 11.5. The maximum atomic E-state index is 11.6. The first kappa shape index (κ1) is 15.1. The van der Waals surface area contributed by atoms with E-state index < -0.39 is 0 Å². The second-order valence-electron chi connectivity index (χ2n) is 4.02. The number of hydrogen-bond donors (Lipinski definition) is 1. The Balaban J connectivity index is 1.76. The van der Waals surface area contributed by atoms with Crippen molar-refractivity contribution in [2.75, 3.05) is 12.9 Å². The third-order valence-electron chi connectivity index (χ3n) is 2.51. The van der Waals surface area contributed by atoms with Crippen molar-refractivity contribution < 1.29 is 9.53 Å². The normalized spacial score (nSPS) is 10.5. The minimum atomic E-state index is -0.171. The summed E-state index contributed by atoms with van der Waals surface area (Å²) in [6.45, 7) is 0. The Morgan fingerprint density at radius 2 is 2.14 bits per heavy atom. The van der Waals surface area contributed by atoms with E-state index in [1.807, 2.05) is 42.5 Å². The SMILES string of the molecule is COc1ccc(/C=N/NC(=O)CSc2ccccn2)cc1. The summed E-state index contributed by atoms with van der Waals surface area (Å²) in [5, 5.41) is 4.72. The third kappa shape index (κ3) is 5.27. The van der Waals surface area contributed by atoms with Crippen LogP contribution in [0.2, 0.25) is 0 Å². The molecule has 0 fully saturated rings. The van der Waals surface area contributed by atoms with Gasteiger partial charge in [0, 0.05) is 6.20 Å². The summed E-state index contributed by atoms with van der Waals surface area (Å²) in [5.74, 6) is 0.884. The predicted molar refractivity (Wildman–Crippen MR) is 83.7 cm³/mol. The monoisotopic (exact) mass is 301 g/mol. The van der Waals surface area contributed by atoms with Gasteiger partial charge in [0.15, 0.2) is 0 Å². The van der Waals surface area contributed by atoms with Crippen molar-refractivity contribution in [2.24, 2.45) is 5.10 Å². The fourth-order valence-electron chi connectivity index (χ4n) is 1.47. The van der Waals surface area contributed by atoms with E-state index in [1.54, 1.807) is 19.5 Å². The molecule has 6 heteroatoms. The number of aromatic nitrogens is 1. The van der Waals surface area contributed by atoms with Crippen LogP contribution in [-0.4, -0.2) is 30.0 Å². The Bertz CT molecular complexity index is 600. The molecule has 0 radical (unpaired) electrons. The largest absolute Gasteiger partial charge is 0.497 e. The predicted octanol–water partition coefficient (Wildman–Crippen LogP) is 2.33. The van der Waals surface area contributed by atoms with Gasteiger partial charge in [-0.2, -0.15) is 5.10 Å². The highest BCUT2D eigenvalue weighted by atomic mass is 32.2. The van der Waals surface area contributed by atoms with Crippen LogP contribution in [0.25, 0.3) is 0 Å². The first-order valence-corrected chi connectivity index (χ1v) is 7.26. The fraction of sp³-hybridized carbons (Fsp3) is 0.133. The highest BCUT2D eigenvalue weighted by Gasteiger charge is 2.01. The van der Waals surface area contributed by atoms with Crippen LogP contribution < -0.4 is 10.2 Å². The lowest BCUT2D eigenvalue weighted by Gasteiger charge is -2.00. The van der Waals surface area contributed by atoms with Crippen molar-refractivity contribution in [1.29, 1.82) is 0 Å². The lowest BCUT2D eigenvalue weighted by Crippen LogP contribution is -2.19. The Kier molecular flexibility index (Phi) is 5.78. The van der Waals surface area contributed by atoms with Gasteiger partial charge in [-0.25, -0.2) is 10.4 Å². The molecule has 0 unspecified atom stereocenters. The molecule has 108 valence electrons. The van der Waals surface area contributed by atoms with E-state index in [4.69, 9.17) is 4.74 Å². The Morgan fingerprint density at radius 1 is 1.33 bits per heavy atom. The second-order valence-corrected chi connectivity index (χ2v) is 5.02. The number of methoxy groups -OCH3 is 1. The van der Waals surface area contributed by atoms with Gasteiger partial charge < -0.3 is 4.74 Å². The minimum absolute atomic E-state index is 0.171. The van der Waals surface area contributed by atoms with Gasteiger partial charge >= 0.3 is 0 Å². The molecule has 0 aliphatic rings. The van der Waals surface area contributed by atoms with E-state index >= 15 is 0 Å². The number of thioether (sulfide) groups is 1. The van der Waals surface area contributed by atoms with E-state index in [2.05, 4.69) is 15.5 Å². The zero-order valence-corrected chi connectivity index (χ0v) is 12.3. The van der Waals surface area contributed by atoms with Crippen LogP contribution in [-0.2, 0) is 4.79 Å². The number of rotatable bonds is 6. The van der Waals surface area contributed by atoms with Gasteiger partial charge in [-0.05, 0) is 42.0 Å². The van der Waals surface area contributed by atoms with Gasteiger partial charge in [0.05, 0.1) is 24.1 Å². The van der Waals surface area contributed by atoms with Gasteiger partial charge in [0.25, 0.3) is 0 Å². The summed E-state index contributed by atoms with van der Waals surface area (Å²) in [7, 11) is 1.61. The molecule has 1 aromatic heterocycles. The number of ether oxygens (including phenoxy) is 1. The summed E-state index contributed by atoms with van der Waals surface area (Å²) >= 11 is 1.37. The van der Waals surface area contributed by atoms with Crippen molar-refractivity contribution in [1.82, 2.24) is 10.4 Å². The molecule has 21 heavy (non-hydrogen) atoms. The molecule has 1 N–H and O–H groups in total. The molecule has 0 aliphatic carbocycles. The molecule has 2 rings (SSSR count). The van der Waals surface area contributed by atoms with Gasteiger partial charge in [-0.3, -0.25) is 4.79 Å². The number of nitrogens with zero attached hydrogens (tertiary/aromatic N) is 2. The number of pyridine rings is 1. The number of carbonyl (C=O) groups is 1. The van der Waals surface area contributed by atoms with E-state index in [0.717, 1.165) is 16.3 Å². The zero-order chi connectivity index (χ0) is 14.9. The number of carbonyl (C=O) groups excluding carboxylic acids is 1. The number of hydrogen-bond acceptors (Lipinski definition) is 5. The van der Waals surface area contributed by atoms with E-state index in [9.17, 15) is 4.79 Å². The van der Waals surface area contributed by atoms with Crippen LogP contribution in [0.15, 0.2) is 58.8 Å². The second kappa shape index (κ2) is 8.06. The molecule has 1 aromatic carbocycles. The molecule has 0 saturated heterocycles. The topological polar surface area (TPSA) is 63.6 Å². The summed E-state index contributed by atoms with van der Waals surface area (Å²) < 4.78 is 5.06. The third-order valence-corrected chi connectivity index (χ3v) is 3.45. The van der Waals surface area contributed by atoms with Crippen molar-refractivity contribution in [3.05, 3.63) is 54.2 Å². The van der Waals surface area contributed by atoms with Crippen molar-refractivity contribution in [3.63, 3.8) is 0 Å². The molecule has 2 aromatic rings. The molecule has 5 nitrogen and oxygen atoms in total. The average Bonchev–Trinajstić information content (AvgIpc) is 2.54. The summed E-state index contributed by atoms with van der Waals surface area (Å²) in [6.07, 6.45) is 3.28. The summed E-state index contributed by atoms with van der Waals surface area (Å²) in [5.41, 5.74) is 3.36. The molecule has 0 bridgehead atoms. The quantitative estimate of drug-likeness (QED) is 0.505. The molecule has 0 saturated carbocycles. The van der Waals surface area contributed by atoms with Gasteiger partial charge in [-0.15, -0.1) is 0 Å². The molecular weight excluding hydrogens is 286 g/mol. The number of hydrazone groups is 1. The van der Waals surface area contributed by atoms with Crippen molar-refractivity contribution >= 4 is 23.9 Å². The van der Waals surface area contributed by atoms with Crippen LogP contribution in [0.3, 0.4) is 0 Å². The smallest absolute Gasteiger partial charge is 0.250 e. The van der Waals surface area contributed by atoms with Crippen LogP contribution in [0.5, 0.6) is 5.75 Å².